The number of aromatic hydroxyl groups is 2. The maximum atomic E-state index is 12.1. The van der Waals surface area contributed by atoms with Crippen molar-refractivity contribution in [3.63, 3.8) is 0 Å². The van der Waals surface area contributed by atoms with E-state index in [0.29, 0.717) is 16.8 Å². The van der Waals surface area contributed by atoms with Crippen molar-refractivity contribution in [2.45, 2.75) is 0 Å². The molecule has 0 spiro atoms. The second kappa shape index (κ2) is 6.88. The molecular weight excluding hydrogens is 322 g/mol. The largest absolute Gasteiger partial charge is 0.507 e. The molecule has 0 radical (unpaired) electrons. The molecule has 0 atom stereocenters. The Hall–Kier alpha value is -3.61. The van der Waals surface area contributed by atoms with Crippen LogP contribution < -0.4 is 10.2 Å². The molecule has 1 amide bonds. The number of carbonyl (C=O) groups is 1. The lowest BCUT2D eigenvalue weighted by molar-refractivity contribution is 0.0950. The normalized spacial score (nSPS) is 10.9. The number of nitrogens with one attached hydrogen (secondary N) is 1. The summed E-state index contributed by atoms with van der Waals surface area (Å²) in [4.78, 5) is 16.3. The van der Waals surface area contributed by atoms with Crippen LogP contribution in [-0.2, 0) is 0 Å². The fourth-order valence-corrected chi connectivity index (χ4v) is 2.24. The minimum absolute atomic E-state index is 0.00282. The molecule has 126 valence electrons. The van der Waals surface area contributed by atoms with Gasteiger partial charge < -0.3 is 14.9 Å². The first kappa shape index (κ1) is 16.3. The van der Waals surface area contributed by atoms with E-state index in [9.17, 15) is 15.0 Å². The molecular formula is C18H15N3O4. The second-order valence-corrected chi connectivity index (χ2v) is 5.17. The van der Waals surface area contributed by atoms with E-state index < -0.39 is 5.91 Å². The summed E-state index contributed by atoms with van der Waals surface area (Å²) >= 11 is 0. The monoisotopic (exact) mass is 337 g/mol. The number of phenols is 2. The Morgan fingerprint density at radius 1 is 1.16 bits per heavy atom. The average Bonchev–Trinajstić information content (AvgIpc) is 2.63. The Morgan fingerprint density at radius 3 is 2.80 bits per heavy atom. The summed E-state index contributed by atoms with van der Waals surface area (Å²) in [6.45, 7) is 0. The summed E-state index contributed by atoms with van der Waals surface area (Å²) in [5, 5.41) is 24.1. The number of aromatic nitrogens is 1. The molecule has 0 saturated carbocycles. The number of carbonyl (C=O) groups excluding carboxylic acids is 1. The van der Waals surface area contributed by atoms with Crippen molar-refractivity contribution in [1.82, 2.24) is 10.4 Å². The first-order chi connectivity index (χ1) is 12.1. The number of phenolic OH excluding ortho intramolecular Hbond substituents is 2. The van der Waals surface area contributed by atoms with Crippen LogP contribution in [0.15, 0.2) is 53.6 Å². The van der Waals surface area contributed by atoms with Gasteiger partial charge in [-0.25, -0.2) is 10.4 Å². The van der Waals surface area contributed by atoms with Crippen molar-refractivity contribution >= 4 is 23.0 Å². The second-order valence-electron chi connectivity index (χ2n) is 5.17. The third kappa shape index (κ3) is 3.50. The van der Waals surface area contributed by atoms with Gasteiger partial charge in [0.25, 0.3) is 5.91 Å². The van der Waals surface area contributed by atoms with Crippen molar-refractivity contribution in [2.75, 3.05) is 7.11 Å². The van der Waals surface area contributed by atoms with Crippen LogP contribution in [0.25, 0.3) is 10.9 Å². The smallest absolute Gasteiger partial charge is 0.289 e. The highest BCUT2D eigenvalue weighted by Gasteiger charge is 2.09. The van der Waals surface area contributed by atoms with E-state index in [1.807, 2.05) is 0 Å². The molecule has 0 aliphatic carbocycles. The van der Waals surface area contributed by atoms with Crippen LogP contribution in [0.4, 0.5) is 0 Å². The molecule has 0 fully saturated rings. The number of amides is 1. The number of methoxy groups -OCH3 is 1. The number of fused-ring (bicyclic) bond motifs is 1. The minimum Gasteiger partial charge on any atom is -0.507 e. The number of rotatable bonds is 4. The van der Waals surface area contributed by atoms with Crippen molar-refractivity contribution < 1.29 is 19.7 Å². The number of para-hydroxylation sites is 1. The molecule has 1 heterocycles. The molecule has 7 heteroatoms. The number of benzene rings is 2. The lowest BCUT2D eigenvalue weighted by atomic mass is 10.2. The first-order valence-corrected chi connectivity index (χ1v) is 7.37. The minimum atomic E-state index is -0.538. The summed E-state index contributed by atoms with van der Waals surface area (Å²) in [5.41, 5.74) is 3.17. The van der Waals surface area contributed by atoms with Crippen LogP contribution in [0.1, 0.15) is 16.1 Å². The zero-order chi connectivity index (χ0) is 17.8. The highest BCUT2D eigenvalue weighted by molar-refractivity contribution is 5.96. The predicted molar refractivity (Wildman–Crippen MR) is 93.1 cm³/mol. The molecule has 0 aliphatic heterocycles. The topological polar surface area (TPSA) is 104 Å². The lowest BCUT2D eigenvalue weighted by Gasteiger charge is -2.04. The van der Waals surface area contributed by atoms with Gasteiger partial charge in [0, 0.05) is 10.9 Å². The van der Waals surface area contributed by atoms with E-state index >= 15 is 0 Å². The summed E-state index contributed by atoms with van der Waals surface area (Å²) < 4.78 is 5.06. The third-order valence-corrected chi connectivity index (χ3v) is 3.54. The van der Waals surface area contributed by atoms with Gasteiger partial charge in [0.15, 0.2) is 0 Å². The standard InChI is InChI=1S/C18H15N3O4/c1-25-13-6-8-15(22)12(9-13)10-19-21-18(24)14-7-5-11-3-2-4-16(23)17(11)20-14/h2-10,22-23H,1H3,(H,21,24)/b19-10+. The van der Waals surface area contributed by atoms with Crippen LogP contribution in [0.2, 0.25) is 0 Å². The molecule has 25 heavy (non-hydrogen) atoms. The molecule has 0 aliphatic rings. The number of pyridine rings is 1. The van der Waals surface area contributed by atoms with Crippen LogP contribution in [0, 0.1) is 0 Å². The predicted octanol–water partition coefficient (Wildman–Crippen LogP) is 2.42. The summed E-state index contributed by atoms with van der Waals surface area (Å²) in [6, 6.07) is 12.9. The van der Waals surface area contributed by atoms with Gasteiger partial charge >= 0.3 is 0 Å². The number of nitrogens with zero attached hydrogens (tertiary/aromatic N) is 2. The van der Waals surface area contributed by atoms with Crippen molar-refractivity contribution in [3.05, 3.63) is 59.8 Å². The van der Waals surface area contributed by atoms with E-state index in [-0.39, 0.29) is 17.2 Å². The van der Waals surface area contributed by atoms with E-state index in [0.717, 1.165) is 5.39 Å². The van der Waals surface area contributed by atoms with Crippen LogP contribution in [-0.4, -0.2) is 34.4 Å². The molecule has 7 nitrogen and oxygen atoms in total. The maximum Gasteiger partial charge on any atom is 0.289 e. The highest BCUT2D eigenvalue weighted by atomic mass is 16.5. The Morgan fingerprint density at radius 2 is 2.00 bits per heavy atom. The maximum absolute atomic E-state index is 12.1. The van der Waals surface area contributed by atoms with Gasteiger partial charge in [-0.3, -0.25) is 4.79 Å². The number of hydrazone groups is 1. The van der Waals surface area contributed by atoms with E-state index in [2.05, 4.69) is 15.5 Å². The van der Waals surface area contributed by atoms with E-state index in [4.69, 9.17) is 4.74 Å². The molecule has 0 bridgehead atoms. The Bertz CT molecular complexity index is 970. The Kier molecular flexibility index (Phi) is 4.47. The van der Waals surface area contributed by atoms with Gasteiger partial charge in [-0.2, -0.15) is 5.10 Å². The number of hydrogen-bond acceptors (Lipinski definition) is 6. The van der Waals surface area contributed by atoms with E-state index in [1.165, 1.54) is 31.5 Å². The van der Waals surface area contributed by atoms with Crippen LogP contribution in [0.5, 0.6) is 17.2 Å². The summed E-state index contributed by atoms with van der Waals surface area (Å²) in [5.74, 6) is 0.0190. The van der Waals surface area contributed by atoms with Crippen molar-refractivity contribution in [1.29, 1.82) is 0 Å². The molecule has 1 aromatic heterocycles. The fraction of sp³-hybridized carbons (Fsp3) is 0.0556. The molecule has 3 aromatic rings. The van der Waals surface area contributed by atoms with Gasteiger partial charge in [-0.05, 0) is 30.3 Å². The van der Waals surface area contributed by atoms with Crippen molar-refractivity contribution in [2.24, 2.45) is 5.10 Å². The summed E-state index contributed by atoms with van der Waals surface area (Å²) in [6.07, 6.45) is 1.30. The third-order valence-electron chi connectivity index (χ3n) is 3.54. The zero-order valence-corrected chi connectivity index (χ0v) is 13.3. The molecule has 3 N–H and O–H groups in total. The lowest BCUT2D eigenvalue weighted by Crippen LogP contribution is -2.19. The fourth-order valence-electron chi connectivity index (χ4n) is 2.24. The number of ether oxygens (including phenoxy) is 1. The van der Waals surface area contributed by atoms with Gasteiger partial charge in [-0.1, -0.05) is 18.2 Å². The molecule has 0 saturated heterocycles. The highest BCUT2D eigenvalue weighted by Crippen LogP contribution is 2.22. The van der Waals surface area contributed by atoms with Crippen molar-refractivity contribution in [3.8, 4) is 17.2 Å². The van der Waals surface area contributed by atoms with Gasteiger partial charge in [0.1, 0.15) is 28.5 Å². The summed E-state index contributed by atoms with van der Waals surface area (Å²) in [7, 11) is 1.51. The van der Waals surface area contributed by atoms with E-state index in [1.54, 1.807) is 30.3 Å². The zero-order valence-electron chi connectivity index (χ0n) is 13.3. The van der Waals surface area contributed by atoms with Gasteiger partial charge in [0.05, 0.1) is 13.3 Å². The molecule has 3 rings (SSSR count). The Labute approximate surface area is 143 Å². The number of hydrogen-bond donors (Lipinski definition) is 3. The SMILES string of the molecule is COc1ccc(O)c(/C=N/NC(=O)c2ccc3cccc(O)c3n2)c1. The molecule has 2 aromatic carbocycles. The van der Waals surface area contributed by atoms with Gasteiger partial charge in [0.2, 0.25) is 0 Å². The molecule has 0 unspecified atom stereocenters. The van der Waals surface area contributed by atoms with Crippen LogP contribution in [0.3, 0.4) is 0 Å². The Balaban J connectivity index is 1.78. The average molecular weight is 337 g/mol. The van der Waals surface area contributed by atoms with Crippen LogP contribution >= 0.6 is 0 Å². The first-order valence-electron chi connectivity index (χ1n) is 7.37. The van der Waals surface area contributed by atoms with Gasteiger partial charge in [-0.15, -0.1) is 0 Å². The quantitative estimate of drug-likeness (QED) is 0.501.